The van der Waals surface area contributed by atoms with Crippen LogP contribution < -0.4 is 5.32 Å². The van der Waals surface area contributed by atoms with E-state index in [0.717, 1.165) is 12.8 Å². The van der Waals surface area contributed by atoms with Gasteiger partial charge in [0.25, 0.3) is 0 Å². The normalized spacial score (nSPS) is 32.5. The van der Waals surface area contributed by atoms with Crippen LogP contribution in [0.15, 0.2) is 12.3 Å². The molecular weight excluding hydrogens is 523 g/mol. The second-order valence-corrected chi connectivity index (χ2v) is 14.1. The Morgan fingerprint density at radius 1 is 1.26 bits per heavy atom. The van der Waals surface area contributed by atoms with Crippen molar-refractivity contribution in [2.75, 3.05) is 16.6 Å². The van der Waals surface area contributed by atoms with Crippen LogP contribution in [0.2, 0.25) is 5.15 Å². The average molecular weight is 547 g/mol. The third kappa shape index (κ3) is 4.82. The number of nitrogens with one attached hydrogen (secondary N) is 1. The van der Waals surface area contributed by atoms with Gasteiger partial charge < -0.3 is 34.6 Å². The maximum atomic E-state index is 12.2. The third-order valence-corrected chi connectivity index (χ3v) is 10.9. The maximum Gasteiger partial charge on any atom is 0.340 e. The van der Waals surface area contributed by atoms with E-state index in [1.54, 1.807) is 6.07 Å². The van der Waals surface area contributed by atoms with Crippen molar-refractivity contribution >= 4 is 45.8 Å². The number of nitrogens with zero attached hydrogens (tertiary/aromatic N) is 3. The lowest BCUT2D eigenvalue weighted by atomic mass is 10.1. The van der Waals surface area contributed by atoms with Gasteiger partial charge in [0, 0.05) is 17.6 Å². The number of aliphatic hydroxyl groups excluding tert-OH is 2. The molecule has 0 spiro atoms. The van der Waals surface area contributed by atoms with Gasteiger partial charge in [-0.05, 0) is 37.2 Å². The summed E-state index contributed by atoms with van der Waals surface area (Å²) in [7, 11) is -9.16. The van der Waals surface area contributed by atoms with Gasteiger partial charge in [-0.25, -0.2) is 13.4 Å². The van der Waals surface area contributed by atoms with Gasteiger partial charge in [0.05, 0.1) is 11.4 Å². The molecule has 6 atom stereocenters. The topological polar surface area (TPSA) is 195 Å². The van der Waals surface area contributed by atoms with Crippen LogP contribution in [0.25, 0.3) is 11.0 Å². The fourth-order valence-electron chi connectivity index (χ4n) is 5.29. The lowest BCUT2D eigenvalue weighted by molar-refractivity contribution is -0.0288. The predicted molar refractivity (Wildman–Crippen MR) is 124 cm³/mol. The number of sulfone groups is 1. The molecule has 190 valence electrons. The van der Waals surface area contributed by atoms with E-state index in [4.69, 9.17) is 26.1 Å². The molecule has 2 unspecified atom stereocenters. The van der Waals surface area contributed by atoms with Crippen LogP contribution in [0, 0.1) is 23.2 Å². The number of aromatic nitrogens is 2. The third-order valence-electron chi connectivity index (χ3n) is 6.92. The van der Waals surface area contributed by atoms with Crippen molar-refractivity contribution < 1.29 is 37.7 Å². The predicted octanol–water partition coefficient (Wildman–Crippen LogP) is 0.941. The molecule has 3 fully saturated rings. The summed E-state index contributed by atoms with van der Waals surface area (Å²) in [6, 6.07) is 3.94. The summed E-state index contributed by atoms with van der Waals surface area (Å²) in [4.78, 5) is 22.3. The van der Waals surface area contributed by atoms with Crippen LogP contribution >= 0.6 is 19.2 Å². The summed E-state index contributed by atoms with van der Waals surface area (Å²) in [5.74, 6) is 0.519. The Bertz CT molecular complexity index is 1360. The molecule has 0 radical (unpaired) electrons. The summed E-state index contributed by atoms with van der Waals surface area (Å²) in [5.41, 5.74) is -0.436. The molecule has 2 saturated carbocycles. The minimum Gasteiger partial charge on any atom is -0.387 e. The van der Waals surface area contributed by atoms with Crippen LogP contribution in [0.4, 0.5) is 5.69 Å². The highest BCUT2D eigenvalue weighted by atomic mass is 35.5. The summed E-state index contributed by atoms with van der Waals surface area (Å²) in [6.45, 7) is 0. The number of ether oxygens (including phenoxy) is 1. The van der Waals surface area contributed by atoms with Gasteiger partial charge in [0.15, 0.2) is 26.7 Å². The number of hydrogen-bond donors (Lipinski definition) is 5. The molecule has 35 heavy (non-hydrogen) atoms. The lowest BCUT2D eigenvalue weighted by Gasteiger charge is -2.20. The van der Waals surface area contributed by atoms with Crippen molar-refractivity contribution in [1.82, 2.24) is 9.55 Å². The van der Waals surface area contributed by atoms with Gasteiger partial charge in [-0.1, -0.05) is 11.6 Å². The molecule has 2 aliphatic carbocycles. The number of fused-ring (bicyclic) bond motifs is 2. The molecule has 0 amide bonds. The standard InChI is InChI=1S/C20H24ClN4O8PS/c21-18-13(6-22)15(23-11-4-9-3-10(9)5-11)12-1-2-25(19(12)24-18)20-17(27)16(26)14(33-20)7-35(31,32)8-34(28,29)30/h1-2,9-11,14,16-17,20,26-27H,3-5,7-8H2,(H,23,24)(H2,28,29,30)/t9?,10?,11?,14-,16-,17-,20-/m1/s1. The SMILES string of the molecule is N#Cc1c(Cl)nc2c(ccn2[C@@H]2O[C@H](CS(=O)(=O)CP(=O)(O)O)[C@@H](O)[C@H]2O)c1NC1CC2CC2C1. The minimum absolute atomic E-state index is 0.0561. The van der Waals surface area contributed by atoms with E-state index in [1.165, 1.54) is 17.2 Å². The number of rotatable bonds is 7. The molecule has 1 aliphatic heterocycles. The summed E-state index contributed by atoms with van der Waals surface area (Å²) in [5, 5.41) is 34.6. The molecule has 2 aromatic rings. The van der Waals surface area contributed by atoms with Gasteiger partial charge >= 0.3 is 7.60 Å². The zero-order valence-corrected chi connectivity index (χ0v) is 20.7. The molecule has 5 rings (SSSR count). The molecule has 0 bridgehead atoms. The Morgan fingerprint density at radius 2 is 1.94 bits per heavy atom. The molecule has 0 aromatic carbocycles. The van der Waals surface area contributed by atoms with Gasteiger partial charge in [-0.15, -0.1) is 0 Å². The van der Waals surface area contributed by atoms with E-state index in [0.29, 0.717) is 22.9 Å². The van der Waals surface area contributed by atoms with Crippen LogP contribution in [0.3, 0.4) is 0 Å². The fraction of sp³-hybridized carbons (Fsp3) is 0.600. The monoisotopic (exact) mass is 546 g/mol. The number of hydrogen-bond acceptors (Lipinski definition) is 9. The number of anilines is 1. The van der Waals surface area contributed by atoms with Crippen LogP contribution in [0.5, 0.6) is 0 Å². The van der Waals surface area contributed by atoms with E-state index < -0.39 is 53.2 Å². The second kappa shape index (κ2) is 8.68. The summed E-state index contributed by atoms with van der Waals surface area (Å²) < 4.78 is 42.5. The Labute approximate surface area is 205 Å². The molecule has 2 aromatic heterocycles. The van der Waals surface area contributed by atoms with E-state index >= 15 is 0 Å². The largest absolute Gasteiger partial charge is 0.387 e. The van der Waals surface area contributed by atoms with E-state index in [9.17, 15) is 28.5 Å². The van der Waals surface area contributed by atoms with Crippen molar-refractivity contribution in [3.63, 3.8) is 0 Å². The van der Waals surface area contributed by atoms with Gasteiger partial charge in [0.1, 0.15) is 35.6 Å². The average Bonchev–Trinajstić information content (AvgIpc) is 3.03. The molecule has 3 aliphatic rings. The Morgan fingerprint density at radius 3 is 2.57 bits per heavy atom. The Hall–Kier alpha value is -1.75. The van der Waals surface area contributed by atoms with Gasteiger partial charge in [-0.3, -0.25) is 4.57 Å². The summed E-state index contributed by atoms with van der Waals surface area (Å²) >= 11 is 6.32. The fourth-order valence-corrected chi connectivity index (χ4v) is 8.75. The van der Waals surface area contributed by atoms with Crippen molar-refractivity contribution in [1.29, 1.82) is 5.26 Å². The molecule has 15 heteroatoms. The highest BCUT2D eigenvalue weighted by Gasteiger charge is 2.47. The summed E-state index contributed by atoms with van der Waals surface area (Å²) in [6.07, 6.45) is -1.12. The quantitative estimate of drug-likeness (QED) is 0.245. The second-order valence-electron chi connectivity index (χ2n) is 9.54. The first-order chi connectivity index (χ1) is 16.4. The zero-order chi connectivity index (χ0) is 25.3. The highest BCUT2D eigenvalue weighted by Crippen LogP contribution is 2.52. The van der Waals surface area contributed by atoms with Gasteiger partial charge in [0.2, 0.25) is 0 Å². The highest BCUT2D eigenvalue weighted by molar-refractivity contribution is 7.97. The van der Waals surface area contributed by atoms with Crippen molar-refractivity contribution in [2.24, 2.45) is 11.8 Å². The van der Waals surface area contributed by atoms with Gasteiger partial charge in [-0.2, -0.15) is 5.26 Å². The van der Waals surface area contributed by atoms with E-state index in [1.807, 2.05) is 0 Å². The number of aliphatic hydroxyl groups is 2. The van der Waals surface area contributed by atoms with Crippen LogP contribution in [-0.4, -0.2) is 73.6 Å². The molecule has 12 nitrogen and oxygen atoms in total. The Balaban J connectivity index is 1.45. The lowest BCUT2D eigenvalue weighted by Crippen LogP contribution is -2.35. The molecule has 1 saturated heterocycles. The smallest absolute Gasteiger partial charge is 0.340 e. The molecular formula is C20H24ClN4O8PS. The first kappa shape index (κ1) is 24.9. The number of nitriles is 1. The van der Waals surface area contributed by atoms with Crippen molar-refractivity contribution in [2.45, 2.75) is 49.8 Å². The van der Waals surface area contributed by atoms with Crippen molar-refractivity contribution in [3.05, 3.63) is 23.0 Å². The molecule has 3 heterocycles. The minimum atomic E-state index is -4.86. The maximum absolute atomic E-state index is 12.2. The number of halogens is 1. The zero-order valence-electron chi connectivity index (χ0n) is 18.2. The van der Waals surface area contributed by atoms with Crippen LogP contribution in [0.1, 0.15) is 31.1 Å². The first-order valence-electron chi connectivity index (χ1n) is 11.0. The molecule has 5 N–H and O–H groups in total. The van der Waals surface area contributed by atoms with Crippen molar-refractivity contribution in [3.8, 4) is 6.07 Å². The van der Waals surface area contributed by atoms with E-state index in [2.05, 4.69) is 16.4 Å². The first-order valence-corrected chi connectivity index (χ1v) is 15.0. The number of pyridine rings is 1. The Kier molecular flexibility index (Phi) is 6.18. The van der Waals surface area contributed by atoms with Crippen LogP contribution in [-0.2, 0) is 19.1 Å². The van der Waals surface area contributed by atoms with E-state index in [-0.39, 0.29) is 22.4 Å².